The van der Waals surface area contributed by atoms with Crippen molar-refractivity contribution in [3.63, 3.8) is 0 Å². The molecule has 24 heavy (non-hydrogen) atoms. The zero-order valence-electron chi connectivity index (χ0n) is 14.0. The molecule has 1 atom stereocenters. The molecule has 0 aliphatic carbocycles. The van der Waals surface area contributed by atoms with Crippen LogP contribution < -0.4 is 10.6 Å². The van der Waals surface area contributed by atoms with Crippen LogP contribution in [0, 0.1) is 0 Å². The van der Waals surface area contributed by atoms with Crippen molar-refractivity contribution < 1.29 is 9.59 Å². The molecule has 1 aromatic carbocycles. The van der Waals surface area contributed by atoms with Gasteiger partial charge in [0.15, 0.2) is 0 Å². The van der Waals surface area contributed by atoms with Gasteiger partial charge in [-0.25, -0.2) is 4.79 Å². The number of benzene rings is 1. The maximum Gasteiger partial charge on any atom is 0.321 e. The summed E-state index contributed by atoms with van der Waals surface area (Å²) < 4.78 is 0. The Hall–Kier alpha value is -2.34. The van der Waals surface area contributed by atoms with Gasteiger partial charge >= 0.3 is 6.03 Å². The minimum Gasteiger partial charge on any atom is -0.359 e. The molecule has 0 unspecified atom stereocenters. The van der Waals surface area contributed by atoms with Crippen LogP contribution in [-0.4, -0.2) is 61.0 Å². The first kappa shape index (κ1) is 16.5. The highest BCUT2D eigenvalue weighted by Crippen LogP contribution is 2.19. The van der Waals surface area contributed by atoms with E-state index in [0.29, 0.717) is 12.5 Å². The summed E-state index contributed by atoms with van der Waals surface area (Å²) in [5.74, 6) is -0.0219. The fourth-order valence-corrected chi connectivity index (χ4v) is 3.20. The van der Waals surface area contributed by atoms with Gasteiger partial charge in [-0.3, -0.25) is 9.69 Å². The maximum absolute atomic E-state index is 12.4. The molecule has 0 saturated carbocycles. The predicted octanol–water partition coefficient (Wildman–Crippen LogP) is 1.45. The first-order valence-electron chi connectivity index (χ1n) is 8.40. The van der Waals surface area contributed by atoms with Crippen LogP contribution >= 0.6 is 0 Å². The Labute approximate surface area is 142 Å². The Morgan fingerprint density at radius 3 is 2.54 bits per heavy atom. The molecule has 0 aromatic heterocycles. The van der Waals surface area contributed by atoms with Gasteiger partial charge in [-0.2, -0.15) is 0 Å². The molecule has 0 bridgehead atoms. The van der Waals surface area contributed by atoms with Gasteiger partial charge in [0.25, 0.3) is 0 Å². The van der Waals surface area contributed by atoms with E-state index < -0.39 is 0 Å². The minimum absolute atomic E-state index is 0.0219. The summed E-state index contributed by atoms with van der Waals surface area (Å²) in [7, 11) is 1.62. The average Bonchev–Trinajstić information content (AvgIpc) is 3.27. The third-order valence-electron chi connectivity index (χ3n) is 4.66. The lowest BCUT2D eigenvalue weighted by molar-refractivity contribution is -0.119. The van der Waals surface area contributed by atoms with Crippen molar-refractivity contribution in [3.05, 3.63) is 42.0 Å². The number of nitrogens with one attached hydrogen (secondary N) is 2. The molecule has 128 valence electrons. The first-order valence-corrected chi connectivity index (χ1v) is 8.40. The Balaban J connectivity index is 1.50. The van der Waals surface area contributed by atoms with Crippen molar-refractivity contribution >= 4 is 17.6 Å². The fourth-order valence-electron chi connectivity index (χ4n) is 3.20. The van der Waals surface area contributed by atoms with E-state index in [0.717, 1.165) is 43.9 Å². The molecule has 1 saturated heterocycles. The Morgan fingerprint density at radius 2 is 1.88 bits per heavy atom. The number of hydrogen-bond donors (Lipinski definition) is 2. The number of likely N-dealkylation sites (N-methyl/N-ethyl adjacent to an activating group) is 1. The molecule has 3 amide bonds. The van der Waals surface area contributed by atoms with Gasteiger partial charge in [0.1, 0.15) is 0 Å². The number of carbonyl (C=O) groups excluding carboxylic acids is 2. The highest BCUT2D eigenvalue weighted by atomic mass is 16.2. The van der Waals surface area contributed by atoms with Crippen LogP contribution in [-0.2, 0) is 11.2 Å². The van der Waals surface area contributed by atoms with E-state index in [4.69, 9.17) is 0 Å². The van der Waals surface area contributed by atoms with E-state index in [2.05, 4.69) is 27.7 Å². The Bertz CT molecular complexity index is 618. The Kier molecular flexibility index (Phi) is 5.15. The lowest BCUT2D eigenvalue weighted by atomic mass is 10.1. The van der Waals surface area contributed by atoms with Gasteiger partial charge in [0, 0.05) is 45.0 Å². The molecule has 0 radical (unpaired) electrons. The lowest BCUT2D eigenvalue weighted by Gasteiger charge is -2.23. The summed E-state index contributed by atoms with van der Waals surface area (Å²) in [5.41, 5.74) is 1.68. The molecule has 2 N–H and O–H groups in total. The number of anilines is 1. The third kappa shape index (κ3) is 3.94. The van der Waals surface area contributed by atoms with Gasteiger partial charge in [-0.05, 0) is 24.1 Å². The van der Waals surface area contributed by atoms with Crippen molar-refractivity contribution in [1.82, 2.24) is 15.1 Å². The summed E-state index contributed by atoms with van der Waals surface area (Å²) >= 11 is 0. The fraction of sp³-hybridized carbons (Fsp3) is 0.444. The van der Waals surface area contributed by atoms with Gasteiger partial charge < -0.3 is 15.5 Å². The van der Waals surface area contributed by atoms with Crippen LogP contribution in [0.25, 0.3) is 0 Å². The summed E-state index contributed by atoms with van der Waals surface area (Å²) in [6.07, 6.45) is 5.74. The van der Waals surface area contributed by atoms with Crippen LogP contribution in [0.4, 0.5) is 10.5 Å². The molecule has 2 aliphatic heterocycles. The van der Waals surface area contributed by atoms with E-state index in [9.17, 15) is 9.59 Å². The molecule has 0 spiro atoms. The monoisotopic (exact) mass is 328 g/mol. The SMILES string of the molecule is CNC(=O)Cc1ccc(NC(=O)N2CC[C@H](N3CC=CC3)C2)cc1. The standard InChI is InChI=1S/C18H24N4O2/c1-19-17(23)12-14-4-6-15(7-5-14)20-18(24)22-11-8-16(13-22)21-9-2-3-10-21/h2-7,16H,8-13H2,1H3,(H,19,23)(H,20,24)/t16-/m0/s1. The van der Waals surface area contributed by atoms with Crippen LogP contribution in [0.15, 0.2) is 36.4 Å². The second kappa shape index (κ2) is 7.49. The third-order valence-corrected chi connectivity index (χ3v) is 4.66. The first-order chi connectivity index (χ1) is 11.7. The van der Waals surface area contributed by atoms with Gasteiger partial charge in [-0.1, -0.05) is 24.3 Å². The highest BCUT2D eigenvalue weighted by Gasteiger charge is 2.30. The molecule has 1 aromatic rings. The van der Waals surface area contributed by atoms with Crippen molar-refractivity contribution in [2.75, 3.05) is 38.5 Å². The van der Waals surface area contributed by atoms with Gasteiger partial charge in [-0.15, -0.1) is 0 Å². The summed E-state index contributed by atoms with van der Waals surface area (Å²) in [6, 6.07) is 7.83. The Morgan fingerprint density at radius 1 is 1.17 bits per heavy atom. The van der Waals surface area contributed by atoms with Crippen molar-refractivity contribution in [3.8, 4) is 0 Å². The summed E-state index contributed by atoms with van der Waals surface area (Å²) in [4.78, 5) is 28.0. The topological polar surface area (TPSA) is 64.7 Å². The number of likely N-dealkylation sites (tertiary alicyclic amines) is 1. The molecular weight excluding hydrogens is 304 g/mol. The van der Waals surface area contributed by atoms with E-state index in [-0.39, 0.29) is 11.9 Å². The van der Waals surface area contributed by atoms with Crippen LogP contribution in [0.3, 0.4) is 0 Å². The molecular formula is C18H24N4O2. The second-order valence-corrected chi connectivity index (χ2v) is 6.29. The molecule has 2 heterocycles. The molecule has 2 aliphatic rings. The van der Waals surface area contributed by atoms with Crippen LogP contribution in [0.5, 0.6) is 0 Å². The zero-order chi connectivity index (χ0) is 16.9. The largest absolute Gasteiger partial charge is 0.359 e. The number of nitrogens with zero attached hydrogens (tertiary/aromatic N) is 2. The number of amides is 3. The van der Waals surface area contributed by atoms with E-state index in [1.807, 2.05) is 29.2 Å². The normalized spacial score (nSPS) is 20.4. The predicted molar refractivity (Wildman–Crippen MR) is 93.9 cm³/mol. The lowest BCUT2D eigenvalue weighted by Crippen LogP contribution is -2.38. The maximum atomic E-state index is 12.4. The van der Waals surface area contributed by atoms with Crippen LogP contribution in [0.1, 0.15) is 12.0 Å². The average molecular weight is 328 g/mol. The van der Waals surface area contributed by atoms with E-state index >= 15 is 0 Å². The molecule has 6 heteroatoms. The second-order valence-electron chi connectivity index (χ2n) is 6.29. The molecule has 1 fully saturated rings. The van der Waals surface area contributed by atoms with E-state index in [1.165, 1.54) is 0 Å². The van der Waals surface area contributed by atoms with Crippen molar-refractivity contribution in [2.24, 2.45) is 0 Å². The smallest absolute Gasteiger partial charge is 0.321 e. The molecule has 6 nitrogen and oxygen atoms in total. The number of carbonyl (C=O) groups is 2. The van der Waals surface area contributed by atoms with Crippen LogP contribution in [0.2, 0.25) is 0 Å². The van der Waals surface area contributed by atoms with Gasteiger partial charge in [0.05, 0.1) is 6.42 Å². The minimum atomic E-state index is -0.0521. The summed E-state index contributed by atoms with van der Waals surface area (Å²) in [5, 5.41) is 5.54. The quantitative estimate of drug-likeness (QED) is 0.823. The number of hydrogen-bond acceptors (Lipinski definition) is 3. The molecule has 3 rings (SSSR count). The van der Waals surface area contributed by atoms with Crippen molar-refractivity contribution in [1.29, 1.82) is 0 Å². The van der Waals surface area contributed by atoms with Gasteiger partial charge in [0.2, 0.25) is 5.91 Å². The number of urea groups is 1. The number of rotatable bonds is 4. The van der Waals surface area contributed by atoms with Crippen molar-refractivity contribution in [2.45, 2.75) is 18.9 Å². The zero-order valence-corrected chi connectivity index (χ0v) is 14.0. The highest BCUT2D eigenvalue weighted by molar-refractivity contribution is 5.89. The summed E-state index contributed by atoms with van der Waals surface area (Å²) in [6.45, 7) is 3.56. The van der Waals surface area contributed by atoms with E-state index in [1.54, 1.807) is 7.05 Å².